The summed E-state index contributed by atoms with van der Waals surface area (Å²) in [6, 6.07) is 12.7. The Morgan fingerprint density at radius 2 is 1.69 bits per heavy atom. The summed E-state index contributed by atoms with van der Waals surface area (Å²) in [5.41, 5.74) is 2.05. The van der Waals surface area contributed by atoms with Gasteiger partial charge in [0.25, 0.3) is 5.91 Å². The SMILES string of the molecule is CC[C@H](C(=O)NC(C)C)N(Cc1ccc(C)cc1)C(=O)COc1ccc(F)cc1. The van der Waals surface area contributed by atoms with E-state index in [2.05, 4.69) is 5.32 Å². The maximum Gasteiger partial charge on any atom is 0.261 e. The van der Waals surface area contributed by atoms with E-state index in [0.29, 0.717) is 18.7 Å². The van der Waals surface area contributed by atoms with Gasteiger partial charge in [0.15, 0.2) is 6.61 Å². The van der Waals surface area contributed by atoms with Crippen LogP contribution in [0.3, 0.4) is 0 Å². The molecule has 156 valence electrons. The topological polar surface area (TPSA) is 58.6 Å². The molecule has 2 amide bonds. The molecular weight excluding hydrogens is 371 g/mol. The third-order valence-electron chi connectivity index (χ3n) is 4.47. The maximum absolute atomic E-state index is 13.1. The first-order chi connectivity index (χ1) is 13.8. The first-order valence-electron chi connectivity index (χ1n) is 9.84. The zero-order valence-electron chi connectivity index (χ0n) is 17.4. The van der Waals surface area contributed by atoms with Crippen molar-refractivity contribution >= 4 is 11.8 Å². The molecule has 5 nitrogen and oxygen atoms in total. The van der Waals surface area contributed by atoms with Crippen molar-refractivity contribution in [2.75, 3.05) is 6.61 Å². The predicted octanol–water partition coefficient (Wildman–Crippen LogP) is 3.84. The number of hydrogen-bond donors (Lipinski definition) is 1. The molecule has 0 aliphatic heterocycles. The zero-order valence-corrected chi connectivity index (χ0v) is 17.4. The standard InChI is InChI=1S/C23H29FN2O3/c1-5-21(23(28)25-16(2)3)26(14-18-8-6-17(4)7-9-18)22(27)15-29-20-12-10-19(24)11-13-20/h6-13,16,21H,5,14-15H2,1-4H3,(H,25,28)/t21-/m1/s1. The number of carbonyl (C=O) groups excluding carboxylic acids is 2. The second-order valence-electron chi connectivity index (χ2n) is 7.34. The summed E-state index contributed by atoms with van der Waals surface area (Å²) in [6.07, 6.45) is 0.479. The van der Waals surface area contributed by atoms with Crippen molar-refractivity contribution in [1.82, 2.24) is 10.2 Å². The molecule has 2 rings (SSSR count). The highest BCUT2D eigenvalue weighted by atomic mass is 19.1. The van der Waals surface area contributed by atoms with Crippen LogP contribution in [0.4, 0.5) is 4.39 Å². The number of nitrogens with zero attached hydrogens (tertiary/aromatic N) is 1. The van der Waals surface area contributed by atoms with Crippen molar-refractivity contribution in [2.45, 2.75) is 52.7 Å². The Labute approximate surface area is 171 Å². The predicted molar refractivity (Wildman–Crippen MR) is 111 cm³/mol. The molecule has 0 aliphatic carbocycles. The summed E-state index contributed by atoms with van der Waals surface area (Å²) < 4.78 is 18.6. The largest absolute Gasteiger partial charge is 0.484 e. The number of benzene rings is 2. The lowest BCUT2D eigenvalue weighted by Gasteiger charge is -2.31. The third kappa shape index (κ3) is 6.89. The highest BCUT2D eigenvalue weighted by Crippen LogP contribution is 2.15. The molecule has 6 heteroatoms. The Hall–Kier alpha value is -2.89. The average molecular weight is 400 g/mol. The first-order valence-corrected chi connectivity index (χ1v) is 9.84. The van der Waals surface area contributed by atoms with E-state index in [4.69, 9.17) is 4.74 Å². The van der Waals surface area contributed by atoms with Crippen molar-refractivity contribution < 1.29 is 18.7 Å². The van der Waals surface area contributed by atoms with E-state index in [1.165, 1.54) is 24.3 Å². The number of rotatable bonds is 9. The van der Waals surface area contributed by atoms with Crippen molar-refractivity contribution in [3.05, 3.63) is 65.5 Å². The molecule has 0 aliphatic rings. The molecule has 0 fully saturated rings. The van der Waals surface area contributed by atoms with Crippen LogP contribution in [0.1, 0.15) is 38.3 Å². The van der Waals surface area contributed by atoms with Crippen LogP contribution < -0.4 is 10.1 Å². The van der Waals surface area contributed by atoms with Gasteiger partial charge < -0.3 is 15.0 Å². The van der Waals surface area contributed by atoms with Gasteiger partial charge in [-0.25, -0.2) is 4.39 Å². The average Bonchev–Trinajstić information content (AvgIpc) is 2.68. The van der Waals surface area contributed by atoms with E-state index in [0.717, 1.165) is 11.1 Å². The monoisotopic (exact) mass is 400 g/mol. The summed E-state index contributed by atoms with van der Waals surface area (Å²) in [6.45, 7) is 7.71. The molecule has 2 aromatic rings. The lowest BCUT2D eigenvalue weighted by Crippen LogP contribution is -2.51. The second-order valence-corrected chi connectivity index (χ2v) is 7.34. The van der Waals surface area contributed by atoms with E-state index in [-0.39, 0.29) is 30.3 Å². The summed E-state index contributed by atoms with van der Waals surface area (Å²) in [5, 5.41) is 2.89. The fourth-order valence-electron chi connectivity index (χ4n) is 2.95. The summed E-state index contributed by atoms with van der Waals surface area (Å²) in [4.78, 5) is 27.2. The van der Waals surface area contributed by atoms with Crippen molar-refractivity contribution in [3.8, 4) is 5.75 Å². The van der Waals surface area contributed by atoms with E-state index in [1.807, 2.05) is 52.0 Å². The van der Waals surface area contributed by atoms with Crippen LogP contribution in [-0.2, 0) is 16.1 Å². The maximum atomic E-state index is 13.1. The minimum atomic E-state index is -0.608. The highest BCUT2D eigenvalue weighted by Gasteiger charge is 2.29. The van der Waals surface area contributed by atoms with Crippen molar-refractivity contribution in [1.29, 1.82) is 0 Å². The van der Waals surface area contributed by atoms with Crippen LogP contribution >= 0.6 is 0 Å². The third-order valence-corrected chi connectivity index (χ3v) is 4.47. The lowest BCUT2D eigenvalue weighted by atomic mass is 10.1. The van der Waals surface area contributed by atoms with E-state index in [1.54, 1.807) is 4.90 Å². The van der Waals surface area contributed by atoms with Gasteiger partial charge in [0.2, 0.25) is 5.91 Å². The quantitative estimate of drug-likeness (QED) is 0.696. The molecule has 0 saturated heterocycles. The summed E-state index contributed by atoms with van der Waals surface area (Å²) in [7, 11) is 0. The Balaban J connectivity index is 2.18. The summed E-state index contributed by atoms with van der Waals surface area (Å²) >= 11 is 0. The molecule has 1 atom stereocenters. The normalized spacial score (nSPS) is 11.8. The van der Waals surface area contributed by atoms with Crippen LogP contribution in [0.15, 0.2) is 48.5 Å². The Morgan fingerprint density at radius 1 is 1.07 bits per heavy atom. The molecule has 0 aromatic heterocycles. The van der Waals surface area contributed by atoms with Gasteiger partial charge in [-0.3, -0.25) is 9.59 Å². The van der Waals surface area contributed by atoms with Crippen LogP contribution in [0, 0.1) is 12.7 Å². The number of halogens is 1. The van der Waals surface area contributed by atoms with E-state index < -0.39 is 6.04 Å². The number of nitrogens with one attached hydrogen (secondary N) is 1. The van der Waals surface area contributed by atoms with Crippen LogP contribution in [0.2, 0.25) is 0 Å². The smallest absolute Gasteiger partial charge is 0.261 e. The van der Waals surface area contributed by atoms with Gasteiger partial charge in [0.05, 0.1) is 0 Å². The lowest BCUT2D eigenvalue weighted by molar-refractivity contribution is -0.143. The van der Waals surface area contributed by atoms with Crippen LogP contribution in [-0.4, -0.2) is 35.4 Å². The molecule has 0 spiro atoms. The molecule has 0 heterocycles. The fourth-order valence-corrected chi connectivity index (χ4v) is 2.95. The number of carbonyl (C=O) groups is 2. The zero-order chi connectivity index (χ0) is 21.4. The molecule has 1 N–H and O–H groups in total. The fraction of sp³-hybridized carbons (Fsp3) is 0.391. The molecule has 29 heavy (non-hydrogen) atoms. The minimum Gasteiger partial charge on any atom is -0.484 e. The van der Waals surface area contributed by atoms with Gasteiger partial charge in [0.1, 0.15) is 17.6 Å². The Morgan fingerprint density at radius 3 is 2.24 bits per heavy atom. The Bertz CT molecular complexity index is 804. The van der Waals surface area contributed by atoms with Crippen molar-refractivity contribution in [3.63, 3.8) is 0 Å². The Kier molecular flexibility index (Phi) is 8.19. The first kappa shape index (κ1) is 22.4. The van der Waals surface area contributed by atoms with Crippen LogP contribution in [0.5, 0.6) is 5.75 Å². The molecule has 2 aromatic carbocycles. The van der Waals surface area contributed by atoms with E-state index in [9.17, 15) is 14.0 Å². The van der Waals surface area contributed by atoms with Crippen LogP contribution in [0.25, 0.3) is 0 Å². The molecule has 0 saturated carbocycles. The van der Waals surface area contributed by atoms with Gasteiger partial charge in [-0.1, -0.05) is 36.8 Å². The second kappa shape index (κ2) is 10.6. The number of hydrogen-bond acceptors (Lipinski definition) is 3. The van der Waals surface area contributed by atoms with Gasteiger partial charge in [-0.15, -0.1) is 0 Å². The molecule has 0 unspecified atom stereocenters. The molecule has 0 radical (unpaired) electrons. The van der Waals surface area contributed by atoms with Gasteiger partial charge in [-0.05, 0) is 57.0 Å². The minimum absolute atomic E-state index is 0.0247. The van der Waals surface area contributed by atoms with Gasteiger partial charge >= 0.3 is 0 Å². The van der Waals surface area contributed by atoms with Gasteiger partial charge in [0, 0.05) is 12.6 Å². The highest BCUT2D eigenvalue weighted by molar-refractivity contribution is 5.88. The molecule has 0 bridgehead atoms. The van der Waals surface area contributed by atoms with E-state index >= 15 is 0 Å². The van der Waals surface area contributed by atoms with Gasteiger partial charge in [-0.2, -0.15) is 0 Å². The number of aryl methyl sites for hydroxylation is 1. The number of amides is 2. The molecular formula is C23H29FN2O3. The summed E-state index contributed by atoms with van der Waals surface area (Å²) in [5.74, 6) is -0.471. The number of ether oxygens (including phenoxy) is 1. The van der Waals surface area contributed by atoms with Crippen molar-refractivity contribution in [2.24, 2.45) is 0 Å².